The van der Waals surface area contributed by atoms with Gasteiger partial charge in [-0.3, -0.25) is 0 Å². The first-order valence-electron chi connectivity index (χ1n) is 15.7. The number of hydrogen-bond donors (Lipinski definition) is 0. The Morgan fingerprint density at radius 2 is 0.872 bits per heavy atom. The van der Waals surface area contributed by atoms with Gasteiger partial charge in [-0.15, -0.1) is 0 Å². The Bertz CT molecular complexity index is 974. The molecule has 0 atom stereocenters. The van der Waals surface area contributed by atoms with Crippen LogP contribution in [0.25, 0.3) is 11.1 Å². The Labute approximate surface area is 283 Å². The molecule has 214 valence electrons. The minimum absolute atomic E-state index is 0. The van der Waals surface area contributed by atoms with Gasteiger partial charge in [0.15, 0.2) is 0 Å². The summed E-state index contributed by atoms with van der Waals surface area (Å²) in [6.07, 6.45) is 28.3. The van der Waals surface area contributed by atoms with Crippen molar-refractivity contribution in [2.45, 2.75) is 147 Å². The molecule has 0 aliphatic rings. The van der Waals surface area contributed by atoms with Gasteiger partial charge in [0.25, 0.3) is 0 Å². The van der Waals surface area contributed by atoms with Gasteiger partial charge in [-0.2, -0.15) is 0 Å². The average molecular weight is 581 g/mol. The molecule has 0 aliphatic heterocycles. The van der Waals surface area contributed by atoms with Gasteiger partial charge >= 0.3 is 51.4 Å². The Balaban J connectivity index is 0.00000760. The average Bonchev–Trinajstić information content (AvgIpc) is 2.92. The van der Waals surface area contributed by atoms with Crippen molar-refractivity contribution in [2.24, 2.45) is 0 Å². The summed E-state index contributed by atoms with van der Waals surface area (Å²) in [5.74, 6) is 0. The Morgan fingerprint density at radius 1 is 0.513 bits per heavy atom. The second kappa shape index (κ2) is 23.5. The van der Waals surface area contributed by atoms with E-state index in [4.69, 9.17) is 0 Å². The molecule has 39 heavy (non-hydrogen) atoms. The number of aryl methyl sites for hydroxylation is 1. The molecule has 0 heterocycles. The molecule has 0 saturated heterocycles. The monoisotopic (exact) mass is 580 g/mol. The van der Waals surface area contributed by atoms with E-state index in [2.05, 4.69) is 13.0 Å². The predicted molar refractivity (Wildman–Crippen MR) is 162 cm³/mol. The first-order chi connectivity index (χ1) is 18.5. The van der Waals surface area contributed by atoms with Crippen LogP contribution in [0.1, 0.15) is 141 Å². The van der Waals surface area contributed by atoms with Crippen LogP contribution in [-0.4, -0.2) is 13.0 Å². The predicted octanol–water partition coefficient (Wildman–Crippen LogP) is 7.63. The van der Waals surface area contributed by atoms with Crippen molar-refractivity contribution in [2.75, 3.05) is 0 Å². The van der Waals surface area contributed by atoms with Gasteiger partial charge in [0, 0.05) is 0 Å². The van der Waals surface area contributed by atoms with Gasteiger partial charge < -0.3 is 4.55 Å². The molecule has 0 aliphatic carbocycles. The molecular weight excluding hydrogens is 528 g/mol. The summed E-state index contributed by atoms with van der Waals surface area (Å²) >= 11 is 0. The summed E-state index contributed by atoms with van der Waals surface area (Å²) in [7, 11) is -4.50. The Kier molecular flexibility index (Phi) is 22.3. The number of unbranched alkanes of at least 4 members (excludes halogenated alkanes) is 19. The van der Waals surface area contributed by atoms with Crippen LogP contribution in [-0.2, 0) is 16.5 Å². The fraction of sp³-hybridized carbons (Fsp3) is 0.647. The molecule has 0 radical (unpaired) electrons. The largest absolute Gasteiger partial charge is 1.00 e. The molecule has 0 unspecified atom stereocenters. The smallest absolute Gasteiger partial charge is 0.744 e. The van der Waals surface area contributed by atoms with Crippen LogP contribution >= 0.6 is 0 Å². The van der Waals surface area contributed by atoms with E-state index < -0.39 is 10.1 Å². The third-order valence-corrected chi connectivity index (χ3v) is 8.66. The maximum absolute atomic E-state index is 11.7. The summed E-state index contributed by atoms with van der Waals surface area (Å²) in [6.45, 7) is 2.28. The molecule has 0 aromatic heterocycles. The molecule has 5 heteroatoms. The van der Waals surface area contributed by atoms with Crippen molar-refractivity contribution in [3.05, 3.63) is 54.1 Å². The number of rotatable bonds is 23. The molecule has 0 fully saturated rings. The van der Waals surface area contributed by atoms with Crippen LogP contribution in [0, 0.1) is 0 Å². The minimum Gasteiger partial charge on any atom is -0.744 e. The summed E-state index contributed by atoms with van der Waals surface area (Å²) < 4.78 is 35.2. The van der Waals surface area contributed by atoms with E-state index in [9.17, 15) is 13.0 Å². The second-order valence-electron chi connectivity index (χ2n) is 11.1. The van der Waals surface area contributed by atoms with E-state index in [1.54, 1.807) is 18.2 Å². The van der Waals surface area contributed by atoms with Crippen molar-refractivity contribution < 1.29 is 64.4 Å². The fourth-order valence-corrected chi connectivity index (χ4v) is 6.17. The summed E-state index contributed by atoms with van der Waals surface area (Å²) in [5.41, 5.74) is 2.50. The summed E-state index contributed by atoms with van der Waals surface area (Å²) in [5, 5.41) is 0. The van der Waals surface area contributed by atoms with Crippen LogP contribution in [0.4, 0.5) is 0 Å². The van der Waals surface area contributed by atoms with Crippen LogP contribution in [0.3, 0.4) is 0 Å². The van der Waals surface area contributed by atoms with Gasteiger partial charge in [0.05, 0.1) is 4.90 Å². The molecule has 0 amide bonds. The third kappa shape index (κ3) is 16.9. The van der Waals surface area contributed by atoms with Crippen molar-refractivity contribution in [3.63, 3.8) is 0 Å². The third-order valence-electron chi connectivity index (χ3n) is 7.76. The fourth-order valence-electron chi connectivity index (χ4n) is 5.48. The SMILES string of the molecule is CCCCCCCCCCCCCCCCCCCCCCc1ccccc1-c1ccccc1S(=O)(=O)[O-].[K+]. The Morgan fingerprint density at radius 3 is 1.31 bits per heavy atom. The van der Waals surface area contributed by atoms with Crippen LogP contribution < -0.4 is 51.4 Å². The van der Waals surface area contributed by atoms with Crippen molar-refractivity contribution in [1.82, 2.24) is 0 Å². The molecule has 2 aromatic carbocycles. The van der Waals surface area contributed by atoms with Gasteiger partial charge in [-0.25, -0.2) is 8.42 Å². The van der Waals surface area contributed by atoms with Crippen LogP contribution in [0.2, 0.25) is 0 Å². The molecule has 2 aromatic rings. The first-order valence-corrected chi connectivity index (χ1v) is 17.1. The van der Waals surface area contributed by atoms with E-state index in [0.29, 0.717) is 5.56 Å². The van der Waals surface area contributed by atoms with E-state index in [-0.39, 0.29) is 56.3 Å². The zero-order chi connectivity index (χ0) is 27.3. The van der Waals surface area contributed by atoms with E-state index in [1.165, 1.54) is 128 Å². The van der Waals surface area contributed by atoms with E-state index in [1.807, 2.05) is 18.2 Å². The molecule has 3 nitrogen and oxygen atoms in total. The zero-order valence-corrected chi connectivity index (χ0v) is 29.0. The second-order valence-corrected chi connectivity index (χ2v) is 12.4. The maximum atomic E-state index is 11.7. The van der Waals surface area contributed by atoms with E-state index >= 15 is 0 Å². The number of benzene rings is 2. The molecule has 0 spiro atoms. The normalized spacial score (nSPS) is 11.4. The molecule has 2 rings (SSSR count). The topological polar surface area (TPSA) is 57.2 Å². The van der Waals surface area contributed by atoms with Crippen molar-refractivity contribution in [1.29, 1.82) is 0 Å². The summed E-state index contributed by atoms with van der Waals surface area (Å²) in [6, 6.07) is 14.4. The molecule has 0 bridgehead atoms. The van der Waals surface area contributed by atoms with Crippen LogP contribution in [0.15, 0.2) is 53.4 Å². The maximum Gasteiger partial charge on any atom is 1.00 e. The van der Waals surface area contributed by atoms with Crippen molar-refractivity contribution >= 4 is 10.1 Å². The zero-order valence-electron chi connectivity index (χ0n) is 25.1. The standard InChI is InChI=1S/C34H54O3S.K/c1-2-3-4-5-6-7-8-9-10-11-12-13-14-15-16-17-18-19-20-21-26-31-27-22-23-28-32(31)33-29-24-25-30-34(33)38(35,36)37;/h22-25,27-30H,2-21,26H2,1H3,(H,35,36,37);/q;+1/p-1. The van der Waals surface area contributed by atoms with Gasteiger partial charge in [-0.1, -0.05) is 171 Å². The molecule has 0 N–H and O–H groups in total. The van der Waals surface area contributed by atoms with Gasteiger partial charge in [-0.05, 0) is 35.6 Å². The van der Waals surface area contributed by atoms with E-state index in [0.717, 1.165) is 24.0 Å². The Hall–Kier alpha value is -0.0136. The summed E-state index contributed by atoms with van der Waals surface area (Å²) in [4.78, 5) is -0.129. The molecular formula is C34H53KO3S. The first kappa shape index (κ1) is 37.0. The van der Waals surface area contributed by atoms with Crippen LogP contribution in [0.5, 0.6) is 0 Å². The quantitative estimate of drug-likeness (QED) is 0.0771. The minimum atomic E-state index is -4.50. The van der Waals surface area contributed by atoms with Crippen molar-refractivity contribution in [3.8, 4) is 11.1 Å². The van der Waals surface area contributed by atoms with Gasteiger partial charge in [0.1, 0.15) is 10.1 Å². The number of hydrogen-bond acceptors (Lipinski definition) is 3. The van der Waals surface area contributed by atoms with Gasteiger partial charge in [0.2, 0.25) is 0 Å². The molecule has 0 saturated carbocycles.